The molecular formula is C10H23NOS. The van der Waals surface area contributed by atoms with Crippen molar-refractivity contribution in [3.05, 3.63) is 0 Å². The number of aliphatic hydroxyl groups is 1. The van der Waals surface area contributed by atoms with Crippen LogP contribution >= 0.6 is 11.8 Å². The molecule has 0 fully saturated rings. The molecule has 80 valence electrons. The van der Waals surface area contributed by atoms with Gasteiger partial charge in [0.2, 0.25) is 0 Å². The Bertz CT molecular complexity index is 116. The van der Waals surface area contributed by atoms with Crippen molar-refractivity contribution in [2.45, 2.75) is 44.5 Å². The minimum absolute atomic E-state index is 0.242. The van der Waals surface area contributed by atoms with E-state index in [9.17, 15) is 0 Å². The minimum atomic E-state index is -0.242. The van der Waals surface area contributed by atoms with Gasteiger partial charge in [-0.1, -0.05) is 13.8 Å². The van der Waals surface area contributed by atoms with Crippen LogP contribution in [0.15, 0.2) is 0 Å². The summed E-state index contributed by atoms with van der Waals surface area (Å²) < 4.78 is 0.356. The Balaban J connectivity index is 3.81. The van der Waals surface area contributed by atoms with Crippen LogP contribution in [0.3, 0.4) is 0 Å². The molecule has 0 radical (unpaired) electrons. The van der Waals surface area contributed by atoms with Crippen molar-refractivity contribution in [3.63, 3.8) is 0 Å². The molecule has 0 saturated heterocycles. The van der Waals surface area contributed by atoms with Crippen LogP contribution in [-0.4, -0.2) is 35.3 Å². The van der Waals surface area contributed by atoms with Crippen LogP contribution in [0.1, 0.15) is 33.6 Å². The van der Waals surface area contributed by atoms with Crippen LogP contribution in [0.2, 0.25) is 0 Å². The normalized spacial score (nSPS) is 14.5. The zero-order chi connectivity index (χ0) is 10.3. The molecule has 2 N–H and O–H groups in total. The lowest BCUT2D eigenvalue weighted by molar-refractivity contribution is 0.189. The summed E-state index contributed by atoms with van der Waals surface area (Å²) in [6.07, 6.45) is 4.28. The Labute approximate surface area is 86.5 Å². The number of rotatable bonds is 7. The summed E-state index contributed by atoms with van der Waals surface area (Å²) in [7, 11) is 0. The molecule has 0 saturated carbocycles. The number of hydrogen-bond acceptors (Lipinski definition) is 3. The van der Waals surface area contributed by atoms with Gasteiger partial charge in [0.1, 0.15) is 0 Å². The Morgan fingerprint density at radius 2 is 1.92 bits per heavy atom. The van der Waals surface area contributed by atoms with Crippen LogP contribution in [0.4, 0.5) is 0 Å². The van der Waals surface area contributed by atoms with Gasteiger partial charge in [-0.3, -0.25) is 0 Å². The Morgan fingerprint density at radius 1 is 1.38 bits per heavy atom. The zero-order valence-corrected chi connectivity index (χ0v) is 10.1. The molecule has 0 aliphatic rings. The van der Waals surface area contributed by atoms with Gasteiger partial charge in [0.05, 0.1) is 6.10 Å². The van der Waals surface area contributed by atoms with Crippen LogP contribution < -0.4 is 5.32 Å². The Morgan fingerprint density at radius 3 is 2.23 bits per heavy atom. The fourth-order valence-corrected chi connectivity index (χ4v) is 2.19. The molecule has 2 nitrogen and oxygen atoms in total. The summed E-state index contributed by atoms with van der Waals surface area (Å²) in [5.74, 6) is 0. The fraction of sp³-hybridized carbons (Fsp3) is 1.00. The second-order valence-corrected chi connectivity index (χ2v) is 4.85. The van der Waals surface area contributed by atoms with E-state index in [0.717, 1.165) is 6.54 Å². The highest BCUT2D eigenvalue weighted by molar-refractivity contribution is 8.00. The van der Waals surface area contributed by atoms with Crippen LogP contribution in [0, 0.1) is 0 Å². The summed E-state index contributed by atoms with van der Waals surface area (Å²) in [5, 5.41) is 12.4. The van der Waals surface area contributed by atoms with E-state index >= 15 is 0 Å². The predicted octanol–water partition coefficient (Wildman–Crippen LogP) is 1.88. The first kappa shape index (κ1) is 13.3. The molecule has 0 amide bonds. The number of hydrogen-bond donors (Lipinski definition) is 2. The van der Waals surface area contributed by atoms with Crippen LogP contribution in [0.5, 0.6) is 0 Å². The SMILES string of the molecule is CCC(CC)(CNC[C@H](C)O)SC. The number of aliphatic hydroxyl groups excluding tert-OH is 1. The largest absolute Gasteiger partial charge is 0.392 e. The zero-order valence-electron chi connectivity index (χ0n) is 9.26. The minimum Gasteiger partial charge on any atom is -0.392 e. The smallest absolute Gasteiger partial charge is 0.0636 e. The van der Waals surface area contributed by atoms with Gasteiger partial charge < -0.3 is 10.4 Å². The van der Waals surface area contributed by atoms with Gasteiger partial charge in [-0.25, -0.2) is 0 Å². The highest BCUT2D eigenvalue weighted by Crippen LogP contribution is 2.29. The van der Waals surface area contributed by atoms with Crippen molar-refractivity contribution >= 4 is 11.8 Å². The van der Waals surface area contributed by atoms with Gasteiger partial charge in [-0.05, 0) is 26.0 Å². The molecule has 0 unspecified atom stereocenters. The summed E-state index contributed by atoms with van der Waals surface area (Å²) in [6, 6.07) is 0. The lowest BCUT2D eigenvalue weighted by Crippen LogP contribution is -2.39. The average molecular weight is 205 g/mol. The maximum absolute atomic E-state index is 9.10. The predicted molar refractivity (Wildman–Crippen MR) is 61.4 cm³/mol. The number of thioether (sulfide) groups is 1. The average Bonchev–Trinajstić information content (AvgIpc) is 2.13. The molecule has 0 rings (SSSR count). The molecule has 0 aromatic heterocycles. The monoisotopic (exact) mass is 205 g/mol. The van der Waals surface area contributed by atoms with Gasteiger partial charge in [0.15, 0.2) is 0 Å². The van der Waals surface area contributed by atoms with Gasteiger partial charge in [0.25, 0.3) is 0 Å². The Hall–Kier alpha value is 0.270. The molecule has 3 heteroatoms. The van der Waals surface area contributed by atoms with Gasteiger partial charge in [-0.15, -0.1) is 0 Å². The molecule has 1 atom stereocenters. The molecule has 0 aliphatic carbocycles. The Kier molecular flexibility index (Phi) is 6.82. The molecule has 0 heterocycles. The highest BCUT2D eigenvalue weighted by atomic mass is 32.2. The van der Waals surface area contributed by atoms with E-state index in [1.54, 1.807) is 0 Å². The molecule has 13 heavy (non-hydrogen) atoms. The second kappa shape index (κ2) is 6.68. The van der Waals surface area contributed by atoms with E-state index in [-0.39, 0.29) is 6.10 Å². The molecule has 0 aromatic carbocycles. The van der Waals surface area contributed by atoms with E-state index in [0.29, 0.717) is 11.3 Å². The first-order valence-electron chi connectivity index (χ1n) is 5.04. The third kappa shape index (κ3) is 4.89. The summed E-state index contributed by atoms with van der Waals surface area (Å²) >= 11 is 1.92. The van der Waals surface area contributed by atoms with E-state index in [1.807, 2.05) is 18.7 Å². The summed E-state index contributed by atoms with van der Waals surface area (Å²) in [4.78, 5) is 0. The fourth-order valence-electron chi connectivity index (χ4n) is 1.37. The second-order valence-electron chi connectivity index (χ2n) is 3.57. The standard InChI is InChI=1S/C10H23NOS/c1-5-10(6-2,13-4)8-11-7-9(3)12/h9,11-12H,5-8H2,1-4H3/t9-/m0/s1. The van der Waals surface area contributed by atoms with Crippen molar-refractivity contribution in [1.82, 2.24) is 5.32 Å². The molecule has 0 spiro atoms. The lowest BCUT2D eigenvalue weighted by atomic mass is 10.0. The van der Waals surface area contributed by atoms with E-state index < -0.39 is 0 Å². The van der Waals surface area contributed by atoms with Crippen molar-refractivity contribution < 1.29 is 5.11 Å². The summed E-state index contributed by atoms with van der Waals surface area (Å²) in [6.45, 7) is 7.95. The third-order valence-corrected chi connectivity index (χ3v) is 4.20. The highest BCUT2D eigenvalue weighted by Gasteiger charge is 2.23. The van der Waals surface area contributed by atoms with Gasteiger partial charge in [0, 0.05) is 17.8 Å². The first-order valence-corrected chi connectivity index (χ1v) is 6.26. The van der Waals surface area contributed by atoms with Crippen molar-refractivity contribution in [1.29, 1.82) is 0 Å². The van der Waals surface area contributed by atoms with Gasteiger partial charge >= 0.3 is 0 Å². The molecular weight excluding hydrogens is 182 g/mol. The maximum Gasteiger partial charge on any atom is 0.0636 e. The van der Waals surface area contributed by atoms with Crippen molar-refractivity contribution in [3.8, 4) is 0 Å². The third-order valence-electron chi connectivity index (χ3n) is 2.61. The van der Waals surface area contributed by atoms with E-state index in [4.69, 9.17) is 5.11 Å². The van der Waals surface area contributed by atoms with Gasteiger partial charge in [-0.2, -0.15) is 11.8 Å². The summed E-state index contributed by atoms with van der Waals surface area (Å²) in [5.41, 5.74) is 0. The first-order chi connectivity index (χ1) is 6.10. The number of nitrogens with one attached hydrogen (secondary N) is 1. The van der Waals surface area contributed by atoms with Crippen molar-refractivity contribution in [2.24, 2.45) is 0 Å². The van der Waals surface area contributed by atoms with Crippen LogP contribution in [0.25, 0.3) is 0 Å². The van der Waals surface area contributed by atoms with Crippen LogP contribution in [-0.2, 0) is 0 Å². The van der Waals surface area contributed by atoms with E-state index in [2.05, 4.69) is 25.4 Å². The quantitative estimate of drug-likeness (QED) is 0.665. The topological polar surface area (TPSA) is 32.3 Å². The molecule has 0 aliphatic heterocycles. The maximum atomic E-state index is 9.10. The lowest BCUT2D eigenvalue weighted by Gasteiger charge is -2.30. The molecule has 0 bridgehead atoms. The molecule has 0 aromatic rings. The van der Waals surface area contributed by atoms with Crippen molar-refractivity contribution in [2.75, 3.05) is 19.3 Å². The van der Waals surface area contributed by atoms with E-state index in [1.165, 1.54) is 12.8 Å².